The number of carbonyl (C=O) groups is 2. The fourth-order valence-corrected chi connectivity index (χ4v) is 5.53. The molecule has 0 spiro atoms. The third kappa shape index (κ3) is 6.53. The first kappa shape index (κ1) is 28.6. The molecule has 7 nitrogen and oxygen atoms in total. The number of aryl methyl sites for hydroxylation is 2. The number of nitrogens with zero attached hydrogens (tertiary/aromatic N) is 2. The highest BCUT2D eigenvalue weighted by Gasteiger charge is 2.45. The van der Waals surface area contributed by atoms with E-state index in [1.807, 2.05) is 61.5 Å². The van der Waals surface area contributed by atoms with E-state index in [4.69, 9.17) is 9.47 Å². The molecule has 1 N–H and O–H groups in total. The largest absolute Gasteiger partial charge is 0.507 e. The smallest absolute Gasteiger partial charge is 0.295 e. The minimum Gasteiger partial charge on any atom is -0.507 e. The Hall–Kier alpha value is -3.94. The van der Waals surface area contributed by atoms with Crippen LogP contribution in [0.5, 0.6) is 5.75 Å². The lowest BCUT2D eigenvalue weighted by atomic mass is 9.94. The molecule has 0 aromatic heterocycles. The molecule has 214 valence electrons. The van der Waals surface area contributed by atoms with Crippen LogP contribution in [0.25, 0.3) is 5.76 Å². The number of aliphatic hydroxyl groups excluding tert-OH is 1. The molecular weight excluding hydrogens is 516 g/mol. The first-order valence-corrected chi connectivity index (χ1v) is 14.4. The van der Waals surface area contributed by atoms with E-state index >= 15 is 0 Å². The predicted molar refractivity (Wildman–Crippen MR) is 159 cm³/mol. The molecule has 1 atom stereocenters. The third-order valence-electron chi connectivity index (χ3n) is 7.91. The molecule has 0 unspecified atom stereocenters. The Labute approximate surface area is 242 Å². The summed E-state index contributed by atoms with van der Waals surface area (Å²) in [5.74, 6) is -0.694. The Morgan fingerprint density at radius 2 is 1.68 bits per heavy atom. The molecule has 0 saturated carbocycles. The molecule has 7 heteroatoms. The summed E-state index contributed by atoms with van der Waals surface area (Å²) in [6.45, 7) is 8.81. The maximum atomic E-state index is 13.5. The van der Waals surface area contributed by atoms with Gasteiger partial charge in [-0.15, -0.1) is 0 Å². The molecular formula is C34H38N2O5. The molecule has 0 bridgehead atoms. The van der Waals surface area contributed by atoms with E-state index in [1.165, 1.54) is 5.56 Å². The van der Waals surface area contributed by atoms with Crippen LogP contribution >= 0.6 is 0 Å². The molecule has 41 heavy (non-hydrogen) atoms. The van der Waals surface area contributed by atoms with Crippen molar-refractivity contribution >= 4 is 17.4 Å². The van der Waals surface area contributed by atoms with Gasteiger partial charge in [0, 0.05) is 31.7 Å². The molecule has 2 saturated heterocycles. The highest BCUT2D eigenvalue weighted by atomic mass is 16.5. The molecule has 2 fully saturated rings. The number of rotatable bonds is 10. The van der Waals surface area contributed by atoms with Crippen LogP contribution in [0, 0.1) is 6.92 Å². The molecule has 5 rings (SSSR count). The third-order valence-corrected chi connectivity index (χ3v) is 7.91. The van der Waals surface area contributed by atoms with E-state index in [2.05, 4.69) is 11.8 Å². The Kier molecular flexibility index (Phi) is 9.17. The fraction of sp³-hybridized carbons (Fsp3) is 0.353. The minimum atomic E-state index is -0.653. The van der Waals surface area contributed by atoms with Gasteiger partial charge in [-0.05, 0) is 60.2 Å². The first-order chi connectivity index (χ1) is 20.0. The summed E-state index contributed by atoms with van der Waals surface area (Å²) in [6, 6.07) is 22.6. The van der Waals surface area contributed by atoms with Crippen LogP contribution in [0.15, 0.2) is 78.4 Å². The Morgan fingerprint density at radius 3 is 2.37 bits per heavy atom. The van der Waals surface area contributed by atoms with Crippen LogP contribution in [0.3, 0.4) is 0 Å². The fourth-order valence-electron chi connectivity index (χ4n) is 5.53. The normalized spacial score (nSPS) is 19.1. The van der Waals surface area contributed by atoms with Crippen LogP contribution in [0.4, 0.5) is 0 Å². The van der Waals surface area contributed by atoms with Gasteiger partial charge >= 0.3 is 0 Å². The summed E-state index contributed by atoms with van der Waals surface area (Å²) >= 11 is 0. The molecule has 1 amide bonds. The summed E-state index contributed by atoms with van der Waals surface area (Å²) < 4.78 is 11.4. The summed E-state index contributed by atoms with van der Waals surface area (Å²) in [6.07, 6.45) is 1.61. The van der Waals surface area contributed by atoms with E-state index in [1.54, 1.807) is 23.1 Å². The van der Waals surface area contributed by atoms with Crippen LogP contribution < -0.4 is 4.74 Å². The summed E-state index contributed by atoms with van der Waals surface area (Å²) in [4.78, 5) is 30.8. The summed E-state index contributed by atoms with van der Waals surface area (Å²) in [7, 11) is 0. The number of likely N-dealkylation sites (tertiary alicyclic amines) is 1. The van der Waals surface area contributed by atoms with Crippen molar-refractivity contribution in [2.24, 2.45) is 0 Å². The molecule has 2 aliphatic rings. The van der Waals surface area contributed by atoms with Crippen molar-refractivity contribution in [1.29, 1.82) is 0 Å². The van der Waals surface area contributed by atoms with E-state index in [9.17, 15) is 14.7 Å². The second-order valence-corrected chi connectivity index (χ2v) is 10.6. The zero-order valence-electron chi connectivity index (χ0n) is 23.8. The van der Waals surface area contributed by atoms with Crippen LogP contribution in [-0.2, 0) is 27.4 Å². The lowest BCUT2D eigenvalue weighted by Gasteiger charge is -2.29. The second kappa shape index (κ2) is 13.1. The SMILES string of the molecule is CCc1ccc([C@@H]2C(=C(O)c3ccc(OCc4ccccc4)c(C)c3)C(=O)C(=O)N2CCCN2CCOCC2)cc1. The van der Waals surface area contributed by atoms with Crippen LogP contribution in [-0.4, -0.2) is 66.0 Å². The van der Waals surface area contributed by atoms with Gasteiger partial charge in [-0.3, -0.25) is 14.5 Å². The van der Waals surface area contributed by atoms with E-state index in [-0.39, 0.29) is 11.3 Å². The number of aliphatic hydroxyl groups is 1. The van der Waals surface area contributed by atoms with Gasteiger partial charge < -0.3 is 19.5 Å². The van der Waals surface area contributed by atoms with Crippen LogP contribution in [0.1, 0.15) is 47.2 Å². The maximum absolute atomic E-state index is 13.5. The Morgan fingerprint density at radius 1 is 0.951 bits per heavy atom. The monoisotopic (exact) mass is 554 g/mol. The van der Waals surface area contributed by atoms with Crippen LogP contribution in [0.2, 0.25) is 0 Å². The highest BCUT2D eigenvalue weighted by molar-refractivity contribution is 6.46. The molecule has 0 radical (unpaired) electrons. The number of hydrogen-bond acceptors (Lipinski definition) is 6. The van der Waals surface area contributed by atoms with Crippen molar-refractivity contribution < 1.29 is 24.2 Å². The quantitative estimate of drug-likeness (QED) is 0.209. The van der Waals surface area contributed by atoms with E-state index in [0.29, 0.717) is 37.7 Å². The van der Waals surface area contributed by atoms with Gasteiger partial charge in [0.1, 0.15) is 18.1 Å². The van der Waals surface area contributed by atoms with Gasteiger partial charge in [0.05, 0.1) is 24.8 Å². The van der Waals surface area contributed by atoms with Gasteiger partial charge in [-0.25, -0.2) is 0 Å². The second-order valence-electron chi connectivity index (χ2n) is 10.6. The number of ketones is 1. The lowest BCUT2D eigenvalue weighted by Crippen LogP contribution is -2.38. The van der Waals surface area contributed by atoms with Gasteiger partial charge in [-0.2, -0.15) is 0 Å². The minimum absolute atomic E-state index is 0.128. The molecule has 2 heterocycles. The first-order valence-electron chi connectivity index (χ1n) is 14.4. The van der Waals surface area contributed by atoms with Crippen molar-refractivity contribution in [2.45, 2.75) is 39.3 Å². The van der Waals surface area contributed by atoms with E-state index < -0.39 is 17.7 Å². The predicted octanol–water partition coefficient (Wildman–Crippen LogP) is 5.28. The lowest BCUT2D eigenvalue weighted by molar-refractivity contribution is -0.140. The van der Waals surface area contributed by atoms with Gasteiger partial charge in [0.2, 0.25) is 0 Å². The number of ether oxygens (including phenoxy) is 2. The summed E-state index contributed by atoms with van der Waals surface area (Å²) in [5.41, 5.74) is 4.47. The topological polar surface area (TPSA) is 79.3 Å². The Bertz CT molecular complexity index is 1390. The highest BCUT2D eigenvalue weighted by Crippen LogP contribution is 2.40. The number of benzene rings is 3. The molecule has 2 aliphatic heterocycles. The zero-order chi connectivity index (χ0) is 28.8. The standard InChI is InChI=1S/C34H38N2O5/c1-3-25-10-12-27(13-11-25)31-30(33(38)34(39)36(31)17-7-16-35-18-20-40-21-19-35)32(37)28-14-15-29(24(2)22-28)41-23-26-8-5-4-6-9-26/h4-6,8-15,22,31,37H,3,7,16-21,23H2,1-2H3/t31-/m1/s1. The average Bonchev–Trinajstić information content (AvgIpc) is 3.26. The van der Waals surface area contributed by atoms with Crippen molar-refractivity contribution in [3.8, 4) is 5.75 Å². The van der Waals surface area contributed by atoms with Crippen molar-refractivity contribution in [1.82, 2.24) is 9.80 Å². The maximum Gasteiger partial charge on any atom is 0.295 e. The average molecular weight is 555 g/mol. The van der Waals surface area contributed by atoms with Crippen molar-refractivity contribution in [3.63, 3.8) is 0 Å². The van der Waals surface area contributed by atoms with Crippen molar-refractivity contribution in [2.75, 3.05) is 39.4 Å². The molecule has 0 aliphatic carbocycles. The van der Waals surface area contributed by atoms with E-state index in [0.717, 1.165) is 49.2 Å². The zero-order valence-corrected chi connectivity index (χ0v) is 23.8. The van der Waals surface area contributed by atoms with Gasteiger partial charge in [0.15, 0.2) is 0 Å². The summed E-state index contributed by atoms with van der Waals surface area (Å²) in [5, 5.41) is 11.5. The molecule has 3 aromatic rings. The number of amides is 1. The number of hydrogen-bond donors (Lipinski definition) is 1. The Balaban J connectivity index is 1.42. The van der Waals surface area contributed by atoms with Gasteiger partial charge in [-0.1, -0.05) is 61.5 Å². The number of morpholine rings is 1. The van der Waals surface area contributed by atoms with Crippen molar-refractivity contribution in [3.05, 3.63) is 106 Å². The number of Topliss-reactive ketones (excluding diaryl/α,β-unsaturated/α-hetero) is 1. The van der Waals surface area contributed by atoms with Gasteiger partial charge in [0.25, 0.3) is 11.7 Å². The molecule has 3 aromatic carbocycles. The number of carbonyl (C=O) groups excluding carboxylic acids is 2.